The monoisotopic (exact) mass is 249 g/mol. The van der Waals surface area contributed by atoms with Gasteiger partial charge in [0.1, 0.15) is 0 Å². The van der Waals surface area contributed by atoms with Crippen molar-refractivity contribution in [3.8, 4) is 0 Å². The van der Waals surface area contributed by atoms with Crippen LogP contribution in [0.3, 0.4) is 0 Å². The summed E-state index contributed by atoms with van der Waals surface area (Å²) in [6.45, 7) is 3.12. The van der Waals surface area contributed by atoms with Crippen LogP contribution in [0, 0.1) is 10.1 Å². The van der Waals surface area contributed by atoms with E-state index in [2.05, 4.69) is 0 Å². The summed E-state index contributed by atoms with van der Waals surface area (Å²) in [5.74, 6) is 0. The molecule has 1 atom stereocenters. The van der Waals surface area contributed by atoms with Crippen molar-refractivity contribution in [3.63, 3.8) is 0 Å². The summed E-state index contributed by atoms with van der Waals surface area (Å²) in [6, 6.07) is 6.47. The standard InChI is InChI=1S/C13H15NO4/c1-2-17-13-8-11(9-18-13)7-10-3-5-12(6-4-10)14(15)16/h3-7,13H,2,8-9H2,1H3/b11-7-. The predicted molar refractivity (Wildman–Crippen MR) is 67.1 cm³/mol. The number of hydrogen-bond donors (Lipinski definition) is 0. The number of nitro benzene ring substituents is 1. The van der Waals surface area contributed by atoms with Gasteiger partial charge in [-0.2, -0.15) is 0 Å². The molecule has 1 aliphatic rings. The molecule has 5 nitrogen and oxygen atoms in total. The molecule has 0 amide bonds. The molecule has 1 aromatic rings. The molecule has 1 aliphatic heterocycles. The molecule has 2 rings (SSSR count). The van der Waals surface area contributed by atoms with Gasteiger partial charge in [-0.1, -0.05) is 6.08 Å². The third kappa shape index (κ3) is 3.15. The van der Waals surface area contributed by atoms with Crippen LogP contribution in [0.25, 0.3) is 6.08 Å². The van der Waals surface area contributed by atoms with Crippen LogP contribution in [0.2, 0.25) is 0 Å². The van der Waals surface area contributed by atoms with Gasteiger partial charge in [0.25, 0.3) is 5.69 Å². The van der Waals surface area contributed by atoms with Crippen molar-refractivity contribution in [1.29, 1.82) is 0 Å². The van der Waals surface area contributed by atoms with Gasteiger partial charge in [0, 0.05) is 25.2 Å². The normalized spacial score (nSPS) is 21.4. The average molecular weight is 249 g/mol. The van der Waals surface area contributed by atoms with Gasteiger partial charge in [0.15, 0.2) is 6.29 Å². The molecule has 0 radical (unpaired) electrons. The Bertz CT molecular complexity index is 453. The molecule has 96 valence electrons. The van der Waals surface area contributed by atoms with E-state index in [1.54, 1.807) is 12.1 Å². The van der Waals surface area contributed by atoms with E-state index in [0.717, 1.165) is 17.6 Å². The highest BCUT2D eigenvalue weighted by Crippen LogP contribution is 2.23. The largest absolute Gasteiger partial charge is 0.353 e. The lowest BCUT2D eigenvalue weighted by atomic mass is 10.1. The Morgan fingerprint density at radius 2 is 2.22 bits per heavy atom. The molecular formula is C13H15NO4. The molecule has 0 aliphatic carbocycles. The Labute approximate surface area is 105 Å². The molecular weight excluding hydrogens is 234 g/mol. The number of non-ortho nitro benzene ring substituents is 1. The zero-order chi connectivity index (χ0) is 13.0. The fourth-order valence-electron chi connectivity index (χ4n) is 1.85. The molecule has 18 heavy (non-hydrogen) atoms. The topological polar surface area (TPSA) is 61.6 Å². The van der Waals surface area contributed by atoms with Crippen molar-refractivity contribution in [1.82, 2.24) is 0 Å². The number of ether oxygens (including phenoxy) is 2. The lowest BCUT2D eigenvalue weighted by Gasteiger charge is -2.06. The summed E-state index contributed by atoms with van der Waals surface area (Å²) >= 11 is 0. The molecule has 0 spiro atoms. The molecule has 0 bridgehead atoms. The lowest BCUT2D eigenvalue weighted by Crippen LogP contribution is -2.09. The second kappa shape index (κ2) is 5.75. The smallest absolute Gasteiger partial charge is 0.269 e. The van der Waals surface area contributed by atoms with E-state index < -0.39 is 4.92 Å². The SMILES string of the molecule is CCOC1C/C(=C/c2ccc([N+](=O)[O-])cc2)CO1. The van der Waals surface area contributed by atoms with Crippen LogP contribution in [-0.4, -0.2) is 24.4 Å². The predicted octanol–water partition coefficient (Wildman–Crippen LogP) is 2.76. The first-order valence-electron chi connectivity index (χ1n) is 5.86. The molecule has 0 saturated carbocycles. The first kappa shape index (κ1) is 12.7. The van der Waals surface area contributed by atoms with E-state index in [1.807, 2.05) is 13.0 Å². The zero-order valence-electron chi connectivity index (χ0n) is 10.2. The summed E-state index contributed by atoms with van der Waals surface area (Å²) in [7, 11) is 0. The third-order valence-electron chi connectivity index (χ3n) is 2.71. The van der Waals surface area contributed by atoms with Crippen molar-refractivity contribution in [2.45, 2.75) is 19.6 Å². The zero-order valence-corrected chi connectivity index (χ0v) is 10.2. The number of rotatable bonds is 4. The van der Waals surface area contributed by atoms with Gasteiger partial charge in [0.2, 0.25) is 0 Å². The highest BCUT2D eigenvalue weighted by molar-refractivity contribution is 5.55. The Kier molecular flexibility index (Phi) is 4.07. The molecule has 5 heteroatoms. The quantitative estimate of drug-likeness (QED) is 0.608. The van der Waals surface area contributed by atoms with Crippen molar-refractivity contribution in [3.05, 3.63) is 45.5 Å². The van der Waals surface area contributed by atoms with Crippen LogP contribution < -0.4 is 0 Å². The minimum Gasteiger partial charge on any atom is -0.353 e. The minimum absolute atomic E-state index is 0.104. The first-order valence-corrected chi connectivity index (χ1v) is 5.86. The van der Waals surface area contributed by atoms with Crippen molar-refractivity contribution >= 4 is 11.8 Å². The van der Waals surface area contributed by atoms with Gasteiger partial charge in [-0.05, 0) is 30.2 Å². The van der Waals surface area contributed by atoms with Gasteiger partial charge < -0.3 is 9.47 Å². The van der Waals surface area contributed by atoms with Crippen molar-refractivity contribution in [2.75, 3.05) is 13.2 Å². The van der Waals surface area contributed by atoms with Gasteiger partial charge in [-0.15, -0.1) is 0 Å². The van der Waals surface area contributed by atoms with Gasteiger partial charge in [-0.3, -0.25) is 10.1 Å². The summed E-state index contributed by atoms with van der Waals surface area (Å²) in [6.07, 6.45) is 2.59. The highest BCUT2D eigenvalue weighted by Gasteiger charge is 2.19. The summed E-state index contributed by atoms with van der Waals surface area (Å²) in [5, 5.41) is 10.5. The second-order valence-electron chi connectivity index (χ2n) is 4.05. The average Bonchev–Trinajstić information content (AvgIpc) is 2.78. The second-order valence-corrected chi connectivity index (χ2v) is 4.05. The van der Waals surface area contributed by atoms with Crippen LogP contribution >= 0.6 is 0 Å². The summed E-state index contributed by atoms with van der Waals surface area (Å²) in [5.41, 5.74) is 2.19. The van der Waals surface area contributed by atoms with Gasteiger partial charge in [-0.25, -0.2) is 0 Å². The van der Waals surface area contributed by atoms with Gasteiger partial charge in [0.05, 0.1) is 11.5 Å². The van der Waals surface area contributed by atoms with Crippen LogP contribution in [0.4, 0.5) is 5.69 Å². The minimum atomic E-state index is -0.402. The molecule has 1 unspecified atom stereocenters. The molecule has 1 saturated heterocycles. The van der Waals surface area contributed by atoms with Crippen LogP contribution in [0.5, 0.6) is 0 Å². The third-order valence-corrected chi connectivity index (χ3v) is 2.71. The number of nitrogens with zero attached hydrogens (tertiary/aromatic N) is 1. The van der Waals surface area contributed by atoms with E-state index >= 15 is 0 Å². The number of hydrogen-bond acceptors (Lipinski definition) is 4. The fourth-order valence-corrected chi connectivity index (χ4v) is 1.85. The van der Waals surface area contributed by atoms with Gasteiger partial charge >= 0.3 is 0 Å². The number of benzene rings is 1. The van der Waals surface area contributed by atoms with E-state index in [9.17, 15) is 10.1 Å². The first-order chi connectivity index (χ1) is 8.69. The van der Waals surface area contributed by atoms with E-state index in [-0.39, 0.29) is 12.0 Å². The van der Waals surface area contributed by atoms with Crippen molar-refractivity contribution in [2.24, 2.45) is 0 Å². The molecule has 0 aromatic heterocycles. The fraction of sp³-hybridized carbons (Fsp3) is 0.385. The molecule has 1 heterocycles. The van der Waals surface area contributed by atoms with Crippen molar-refractivity contribution < 1.29 is 14.4 Å². The maximum atomic E-state index is 10.5. The highest BCUT2D eigenvalue weighted by atomic mass is 16.7. The Hall–Kier alpha value is -1.72. The Morgan fingerprint density at radius 1 is 1.50 bits per heavy atom. The number of nitro groups is 1. The summed E-state index contributed by atoms with van der Waals surface area (Å²) < 4.78 is 10.8. The van der Waals surface area contributed by atoms with E-state index in [1.165, 1.54) is 12.1 Å². The molecule has 1 aromatic carbocycles. The maximum absolute atomic E-state index is 10.5. The Morgan fingerprint density at radius 3 is 2.83 bits per heavy atom. The molecule has 0 N–H and O–H groups in total. The Balaban J connectivity index is 2.03. The van der Waals surface area contributed by atoms with Crippen LogP contribution in [-0.2, 0) is 9.47 Å². The van der Waals surface area contributed by atoms with Crippen LogP contribution in [0.15, 0.2) is 29.8 Å². The molecule has 1 fully saturated rings. The van der Waals surface area contributed by atoms with E-state index in [4.69, 9.17) is 9.47 Å². The van der Waals surface area contributed by atoms with E-state index in [0.29, 0.717) is 13.2 Å². The lowest BCUT2D eigenvalue weighted by molar-refractivity contribution is -0.384. The summed E-state index contributed by atoms with van der Waals surface area (Å²) in [4.78, 5) is 10.1. The maximum Gasteiger partial charge on any atom is 0.269 e. The van der Waals surface area contributed by atoms with Crippen LogP contribution in [0.1, 0.15) is 18.9 Å².